The van der Waals surface area contributed by atoms with E-state index < -0.39 is 0 Å². The van der Waals surface area contributed by atoms with E-state index in [-0.39, 0.29) is 0 Å². The molecule has 24 rings (SSSR count). The zero-order valence-electron chi connectivity index (χ0n) is 67.5. The van der Waals surface area contributed by atoms with Gasteiger partial charge in [0.25, 0.3) is 0 Å². The Bertz CT molecular complexity index is 8040. The molecule has 0 spiro atoms. The molecule has 0 bridgehead atoms. The summed E-state index contributed by atoms with van der Waals surface area (Å²) in [5.41, 5.74) is 33.3. The Morgan fingerprint density at radius 1 is 0.137 bits per heavy atom. The van der Waals surface area contributed by atoms with Crippen molar-refractivity contribution in [2.75, 3.05) is 0 Å². The molecule has 0 aliphatic carbocycles. The predicted octanol–water partition coefficient (Wildman–Crippen LogP) is 30.0. The minimum atomic E-state index is 0.700. The van der Waals surface area contributed by atoms with Crippen LogP contribution in [0.3, 0.4) is 0 Å². The highest BCUT2D eigenvalue weighted by Crippen LogP contribution is 2.45. The van der Waals surface area contributed by atoms with Crippen molar-refractivity contribution in [3.63, 3.8) is 0 Å². The van der Waals surface area contributed by atoms with Crippen LogP contribution in [0.1, 0.15) is 0 Å². The fourth-order valence-corrected chi connectivity index (χ4v) is 18.5. The molecule has 24 aromatic rings. The van der Waals surface area contributed by atoms with E-state index in [1.54, 1.807) is 0 Å². The van der Waals surface area contributed by atoms with E-state index in [9.17, 15) is 0 Å². The van der Waals surface area contributed by atoms with E-state index in [0.29, 0.717) is 11.6 Å². The van der Waals surface area contributed by atoms with Gasteiger partial charge in [-0.1, -0.05) is 334 Å². The summed E-state index contributed by atoms with van der Waals surface area (Å²) in [6.07, 6.45) is 0. The molecule has 6 heterocycles. The molecule has 0 aliphatic rings. The molecule has 0 unspecified atom stereocenters. The average molecular weight is 1580 g/mol. The standard InChI is InChI=1S/2C58H38N4/c1-4-16-40(17-5-1)51-38-52(41-18-6-2-7-19-41)60-58(59-51)44-21-14-20-42(36-44)43-32-35-55-50(37-43)48-24-10-12-27-53(48)61(55)46-33-30-39(31-34-46)47-26-15-29-56-57(47)49-25-11-13-28-54(49)62(56)45-22-8-3-9-23-45;1-4-15-41(16-5-1)51-38-52(42-17-6-2-7-18-42)60-58(59-51)43-29-27-39(28-30-43)44-33-36-55-50(37-44)48-21-10-12-24-53(48)61(55)46-34-31-40(32-35-46)47-23-14-26-56-57(47)49-22-11-13-25-54(49)62(56)45-19-8-3-9-20-45/h2*1-38H. The molecule has 18 aromatic carbocycles. The molecule has 580 valence electrons. The van der Waals surface area contributed by atoms with Gasteiger partial charge in [-0.25, -0.2) is 19.9 Å². The molecule has 8 heteroatoms. The number of fused-ring (bicyclic) bond motifs is 12. The Kier molecular flexibility index (Phi) is 18.1. The van der Waals surface area contributed by atoms with Gasteiger partial charge in [0.2, 0.25) is 0 Å². The number of rotatable bonds is 14. The lowest BCUT2D eigenvalue weighted by atomic mass is 9.99. The Morgan fingerprint density at radius 2 is 0.395 bits per heavy atom. The predicted molar refractivity (Wildman–Crippen MR) is 516 cm³/mol. The molecule has 0 saturated heterocycles. The van der Waals surface area contributed by atoms with E-state index in [1.807, 2.05) is 48.5 Å². The van der Waals surface area contributed by atoms with Gasteiger partial charge in [-0.15, -0.1) is 0 Å². The van der Waals surface area contributed by atoms with Gasteiger partial charge < -0.3 is 18.3 Å². The van der Waals surface area contributed by atoms with Gasteiger partial charge in [0.05, 0.1) is 66.9 Å². The van der Waals surface area contributed by atoms with Gasteiger partial charge in [-0.3, -0.25) is 0 Å². The smallest absolute Gasteiger partial charge is 0.160 e. The summed E-state index contributed by atoms with van der Waals surface area (Å²) in [4.78, 5) is 20.3. The van der Waals surface area contributed by atoms with Gasteiger partial charge in [0.1, 0.15) is 0 Å². The minimum absolute atomic E-state index is 0.700. The summed E-state index contributed by atoms with van der Waals surface area (Å²) in [6, 6.07) is 164. The third-order valence-electron chi connectivity index (χ3n) is 24.3. The molecule has 0 radical (unpaired) electrons. The number of aromatic nitrogens is 8. The van der Waals surface area contributed by atoms with Crippen molar-refractivity contribution >= 4 is 87.2 Å². The fraction of sp³-hybridized carbons (Fsp3) is 0. The molecular formula is C116H76N8. The second-order valence-electron chi connectivity index (χ2n) is 31.6. The average Bonchev–Trinajstić information content (AvgIpc) is 1.59. The highest BCUT2D eigenvalue weighted by molar-refractivity contribution is 6.18. The number of nitrogens with zero attached hydrogens (tertiary/aromatic N) is 8. The molecule has 0 aliphatic heterocycles. The van der Waals surface area contributed by atoms with Crippen LogP contribution in [-0.2, 0) is 0 Å². The largest absolute Gasteiger partial charge is 0.309 e. The lowest BCUT2D eigenvalue weighted by molar-refractivity contribution is 1.18. The highest BCUT2D eigenvalue weighted by atomic mass is 15.0. The van der Waals surface area contributed by atoms with Crippen molar-refractivity contribution in [1.29, 1.82) is 0 Å². The van der Waals surface area contributed by atoms with E-state index in [0.717, 1.165) is 101 Å². The van der Waals surface area contributed by atoms with Gasteiger partial charge >= 0.3 is 0 Å². The van der Waals surface area contributed by atoms with Gasteiger partial charge in [-0.2, -0.15) is 0 Å². The number of benzene rings is 18. The molecule has 0 saturated carbocycles. The Morgan fingerprint density at radius 3 is 0.798 bits per heavy atom. The highest BCUT2D eigenvalue weighted by Gasteiger charge is 2.23. The van der Waals surface area contributed by atoms with Gasteiger partial charge in [-0.05, 0) is 172 Å². The van der Waals surface area contributed by atoms with E-state index in [2.05, 4.69) is 431 Å². The minimum Gasteiger partial charge on any atom is -0.309 e. The quantitative estimate of drug-likeness (QED) is 0.109. The molecule has 0 amide bonds. The monoisotopic (exact) mass is 1580 g/mol. The fourth-order valence-electron chi connectivity index (χ4n) is 18.5. The number of hydrogen-bond donors (Lipinski definition) is 0. The van der Waals surface area contributed by atoms with Gasteiger partial charge in [0.15, 0.2) is 11.6 Å². The zero-order valence-corrected chi connectivity index (χ0v) is 67.5. The molecular weight excluding hydrogens is 1510 g/mol. The summed E-state index contributed by atoms with van der Waals surface area (Å²) in [5, 5.41) is 9.90. The number of hydrogen-bond acceptors (Lipinski definition) is 4. The van der Waals surface area contributed by atoms with Crippen LogP contribution in [0.25, 0.3) is 222 Å². The van der Waals surface area contributed by atoms with Crippen LogP contribution in [0, 0.1) is 0 Å². The van der Waals surface area contributed by atoms with Crippen LogP contribution < -0.4 is 0 Å². The molecule has 8 nitrogen and oxygen atoms in total. The Labute approximate surface area is 716 Å². The molecule has 0 N–H and O–H groups in total. The lowest BCUT2D eigenvalue weighted by Crippen LogP contribution is -1.96. The maximum absolute atomic E-state index is 5.11. The Balaban J connectivity index is 0.000000143. The normalized spacial score (nSPS) is 11.5. The third-order valence-corrected chi connectivity index (χ3v) is 24.3. The molecule has 6 aromatic heterocycles. The Hall–Kier alpha value is -16.7. The van der Waals surface area contributed by atoms with Gasteiger partial charge in [0, 0.05) is 99.2 Å². The third kappa shape index (κ3) is 13.0. The first kappa shape index (κ1) is 72.5. The second-order valence-corrected chi connectivity index (χ2v) is 31.6. The lowest BCUT2D eigenvalue weighted by Gasteiger charge is -2.12. The maximum atomic E-state index is 5.11. The van der Waals surface area contributed by atoms with E-state index in [4.69, 9.17) is 19.9 Å². The summed E-state index contributed by atoms with van der Waals surface area (Å²) >= 11 is 0. The van der Waals surface area contributed by atoms with Crippen molar-refractivity contribution in [2.45, 2.75) is 0 Å². The number of para-hydroxylation sites is 6. The first-order valence-corrected chi connectivity index (χ1v) is 42.1. The van der Waals surface area contributed by atoms with Crippen molar-refractivity contribution in [3.05, 3.63) is 461 Å². The van der Waals surface area contributed by atoms with Crippen LogP contribution in [-0.4, -0.2) is 38.2 Å². The first-order chi connectivity index (χ1) is 61.5. The molecule has 124 heavy (non-hydrogen) atoms. The van der Waals surface area contributed by atoms with Crippen molar-refractivity contribution in [3.8, 4) is 135 Å². The zero-order chi connectivity index (χ0) is 82.0. The summed E-state index contributed by atoms with van der Waals surface area (Å²) in [7, 11) is 0. The second kappa shape index (κ2) is 30.9. The van der Waals surface area contributed by atoms with E-state index in [1.165, 1.54) is 109 Å². The topological polar surface area (TPSA) is 71.3 Å². The van der Waals surface area contributed by atoms with Crippen molar-refractivity contribution in [2.24, 2.45) is 0 Å². The summed E-state index contributed by atoms with van der Waals surface area (Å²) in [6.45, 7) is 0. The van der Waals surface area contributed by atoms with Crippen LogP contribution >= 0.6 is 0 Å². The van der Waals surface area contributed by atoms with Crippen LogP contribution in [0.5, 0.6) is 0 Å². The van der Waals surface area contributed by atoms with Crippen LogP contribution in [0.4, 0.5) is 0 Å². The SMILES string of the molecule is c1ccc(-c2cc(-c3ccccc3)nc(-c3ccc(-c4ccc5c(c4)c4ccccc4n5-c4ccc(-c5cccc6c5c5ccccc5n6-c5ccccc5)cc4)cc3)n2)cc1.c1ccc(-c2cc(-c3ccccc3)nc(-c3cccc(-c4ccc5c(c4)c4ccccc4n5-c4ccc(-c5cccc6c5c5ccccc5n6-c5ccccc5)cc4)c3)n2)cc1. The van der Waals surface area contributed by atoms with Crippen LogP contribution in [0.2, 0.25) is 0 Å². The van der Waals surface area contributed by atoms with Crippen LogP contribution in [0.15, 0.2) is 461 Å². The first-order valence-electron chi connectivity index (χ1n) is 42.1. The summed E-state index contributed by atoms with van der Waals surface area (Å²) in [5.74, 6) is 1.41. The molecule has 0 atom stereocenters. The van der Waals surface area contributed by atoms with Crippen molar-refractivity contribution < 1.29 is 0 Å². The van der Waals surface area contributed by atoms with Crippen molar-refractivity contribution in [1.82, 2.24) is 38.2 Å². The van der Waals surface area contributed by atoms with E-state index >= 15 is 0 Å². The maximum Gasteiger partial charge on any atom is 0.160 e. The summed E-state index contributed by atoms with van der Waals surface area (Å²) < 4.78 is 9.55. The molecule has 0 fully saturated rings.